The second kappa shape index (κ2) is 5.48. The van der Waals surface area contributed by atoms with Crippen LogP contribution in [0, 0.1) is 5.82 Å². The first-order valence-corrected chi connectivity index (χ1v) is 6.70. The van der Waals surface area contributed by atoms with Crippen LogP contribution >= 0.6 is 0 Å². The lowest BCUT2D eigenvalue weighted by Crippen LogP contribution is -2.25. The van der Waals surface area contributed by atoms with Gasteiger partial charge in [0, 0.05) is 6.04 Å². The zero-order valence-corrected chi connectivity index (χ0v) is 10.7. The maximum absolute atomic E-state index is 12.8. The van der Waals surface area contributed by atoms with Crippen molar-refractivity contribution in [1.29, 1.82) is 0 Å². The highest BCUT2D eigenvalue weighted by atomic mass is 19.1. The molecule has 4 nitrogen and oxygen atoms in total. The van der Waals surface area contributed by atoms with Crippen LogP contribution in [-0.2, 0) is 6.54 Å². The molecule has 3 rings (SSSR count). The summed E-state index contributed by atoms with van der Waals surface area (Å²) in [5, 5.41) is 3.50. The van der Waals surface area contributed by atoms with E-state index >= 15 is 0 Å². The highest BCUT2D eigenvalue weighted by molar-refractivity contribution is 5.52. The van der Waals surface area contributed by atoms with Crippen LogP contribution in [0.3, 0.4) is 0 Å². The van der Waals surface area contributed by atoms with Gasteiger partial charge in [-0.2, -0.15) is 0 Å². The van der Waals surface area contributed by atoms with Crippen LogP contribution < -0.4 is 5.32 Å². The molecule has 0 aromatic carbocycles. The molecule has 1 aliphatic rings. The fraction of sp³-hybridized carbons (Fsp3) is 0.429. The first kappa shape index (κ1) is 12.3. The van der Waals surface area contributed by atoms with Gasteiger partial charge >= 0.3 is 0 Å². The van der Waals surface area contributed by atoms with Gasteiger partial charge in [-0.15, -0.1) is 0 Å². The first-order valence-electron chi connectivity index (χ1n) is 6.70. The molecule has 0 atom stereocenters. The minimum atomic E-state index is -0.327. The van der Waals surface area contributed by atoms with Crippen LogP contribution in [0.2, 0.25) is 0 Å². The SMILES string of the molecule is Fc1ccc(-c2cnc(CNC3CCCC3)[nH]2)nc1. The Bertz CT molecular complexity index is 529. The van der Waals surface area contributed by atoms with E-state index in [0.717, 1.165) is 18.1 Å². The number of hydrogen-bond acceptors (Lipinski definition) is 3. The Morgan fingerprint density at radius 2 is 2.05 bits per heavy atom. The molecule has 0 spiro atoms. The van der Waals surface area contributed by atoms with Crippen LogP contribution in [-0.4, -0.2) is 21.0 Å². The normalized spacial score (nSPS) is 16.1. The maximum atomic E-state index is 12.8. The molecule has 1 aliphatic carbocycles. The van der Waals surface area contributed by atoms with E-state index in [1.807, 2.05) is 0 Å². The third kappa shape index (κ3) is 2.98. The lowest BCUT2D eigenvalue weighted by Gasteiger charge is -2.09. The molecular weight excluding hydrogens is 243 g/mol. The van der Waals surface area contributed by atoms with Gasteiger partial charge in [0.2, 0.25) is 0 Å². The molecule has 2 heterocycles. The van der Waals surface area contributed by atoms with Crippen molar-refractivity contribution in [2.75, 3.05) is 0 Å². The van der Waals surface area contributed by atoms with Gasteiger partial charge in [0.05, 0.1) is 30.3 Å². The molecule has 1 saturated carbocycles. The molecule has 0 unspecified atom stereocenters. The van der Waals surface area contributed by atoms with Crippen LogP contribution in [0.4, 0.5) is 4.39 Å². The Morgan fingerprint density at radius 3 is 2.79 bits per heavy atom. The van der Waals surface area contributed by atoms with Gasteiger partial charge in [-0.25, -0.2) is 9.37 Å². The number of nitrogens with zero attached hydrogens (tertiary/aromatic N) is 2. The average molecular weight is 260 g/mol. The Morgan fingerprint density at radius 1 is 1.21 bits per heavy atom. The van der Waals surface area contributed by atoms with E-state index in [1.165, 1.54) is 37.9 Å². The first-order chi connectivity index (χ1) is 9.31. The van der Waals surface area contributed by atoms with E-state index in [1.54, 1.807) is 12.3 Å². The minimum Gasteiger partial charge on any atom is -0.340 e. The standard InChI is InChI=1S/C14H17FN4/c15-10-5-6-12(17-7-10)13-8-18-14(19-13)9-16-11-3-1-2-4-11/h5-8,11,16H,1-4,9H2,(H,18,19). The Balaban J connectivity index is 1.63. The lowest BCUT2D eigenvalue weighted by atomic mass is 10.2. The van der Waals surface area contributed by atoms with Crippen molar-refractivity contribution in [2.24, 2.45) is 0 Å². The summed E-state index contributed by atoms with van der Waals surface area (Å²) < 4.78 is 12.8. The summed E-state index contributed by atoms with van der Waals surface area (Å²) in [6.45, 7) is 0.742. The highest BCUT2D eigenvalue weighted by Crippen LogP contribution is 2.18. The molecule has 5 heteroatoms. The molecule has 2 N–H and O–H groups in total. The van der Waals surface area contributed by atoms with Crippen LogP contribution in [0.1, 0.15) is 31.5 Å². The maximum Gasteiger partial charge on any atom is 0.141 e. The number of H-pyrrole nitrogens is 1. The zero-order valence-electron chi connectivity index (χ0n) is 10.7. The minimum absolute atomic E-state index is 0.327. The molecular formula is C14H17FN4. The molecule has 19 heavy (non-hydrogen) atoms. The zero-order chi connectivity index (χ0) is 13.1. The molecule has 0 aliphatic heterocycles. The third-order valence-electron chi connectivity index (χ3n) is 3.55. The van der Waals surface area contributed by atoms with Gasteiger partial charge in [-0.3, -0.25) is 4.98 Å². The van der Waals surface area contributed by atoms with E-state index in [4.69, 9.17) is 0 Å². The van der Waals surface area contributed by atoms with Gasteiger partial charge < -0.3 is 10.3 Å². The van der Waals surface area contributed by atoms with E-state index < -0.39 is 0 Å². The van der Waals surface area contributed by atoms with Crippen molar-refractivity contribution in [3.63, 3.8) is 0 Å². The van der Waals surface area contributed by atoms with Crippen molar-refractivity contribution >= 4 is 0 Å². The fourth-order valence-electron chi connectivity index (χ4n) is 2.49. The summed E-state index contributed by atoms with van der Waals surface area (Å²) in [6.07, 6.45) is 8.11. The quantitative estimate of drug-likeness (QED) is 0.888. The average Bonchev–Trinajstić information content (AvgIpc) is 3.09. The summed E-state index contributed by atoms with van der Waals surface area (Å²) in [7, 11) is 0. The topological polar surface area (TPSA) is 53.6 Å². The van der Waals surface area contributed by atoms with Crippen molar-refractivity contribution in [1.82, 2.24) is 20.3 Å². The smallest absolute Gasteiger partial charge is 0.141 e. The molecule has 1 fully saturated rings. The van der Waals surface area contributed by atoms with Gasteiger partial charge in [-0.05, 0) is 25.0 Å². The molecule has 0 radical (unpaired) electrons. The third-order valence-corrected chi connectivity index (χ3v) is 3.55. The second-order valence-corrected chi connectivity index (χ2v) is 4.97. The van der Waals surface area contributed by atoms with Crippen LogP contribution in [0.25, 0.3) is 11.4 Å². The van der Waals surface area contributed by atoms with Crippen LogP contribution in [0.5, 0.6) is 0 Å². The summed E-state index contributed by atoms with van der Waals surface area (Å²) in [4.78, 5) is 11.6. The van der Waals surface area contributed by atoms with Crippen LogP contribution in [0.15, 0.2) is 24.5 Å². The molecule has 100 valence electrons. The number of aromatic nitrogens is 3. The Kier molecular flexibility index (Phi) is 3.55. The van der Waals surface area contributed by atoms with E-state index in [0.29, 0.717) is 11.7 Å². The van der Waals surface area contributed by atoms with Crippen molar-refractivity contribution in [3.05, 3.63) is 36.2 Å². The number of rotatable bonds is 4. The van der Waals surface area contributed by atoms with Gasteiger partial charge in [0.1, 0.15) is 11.6 Å². The van der Waals surface area contributed by atoms with Crippen molar-refractivity contribution in [3.8, 4) is 11.4 Å². The summed E-state index contributed by atoms with van der Waals surface area (Å²) in [5.41, 5.74) is 1.53. The summed E-state index contributed by atoms with van der Waals surface area (Å²) in [5.74, 6) is 0.569. The number of pyridine rings is 1. The van der Waals surface area contributed by atoms with Crippen molar-refractivity contribution < 1.29 is 4.39 Å². The van der Waals surface area contributed by atoms with Gasteiger partial charge in [-0.1, -0.05) is 12.8 Å². The fourth-order valence-corrected chi connectivity index (χ4v) is 2.49. The predicted molar refractivity (Wildman–Crippen MR) is 70.9 cm³/mol. The molecule has 0 bridgehead atoms. The molecule has 2 aromatic heterocycles. The molecule has 0 amide bonds. The Hall–Kier alpha value is -1.75. The number of halogens is 1. The monoisotopic (exact) mass is 260 g/mol. The van der Waals surface area contributed by atoms with E-state index in [2.05, 4.69) is 20.3 Å². The van der Waals surface area contributed by atoms with E-state index in [9.17, 15) is 4.39 Å². The van der Waals surface area contributed by atoms with E-state index in [-0.39, 0.29) is 5.82 Å². The number of imidazole rings is 1. The lowest BCUT2D eigenvalue weighted by molar-refractivity contribution is 0.515. The largest absolute Gasteiger partial charge is 0.340 e. The summed E-state index contributed by atoms with van der Waals surface area (Å²) >= 11 is 0. The van der Waals surface area contributed by atoms with Gasteiger partial charge in [0.25, 0.3) is 0 Å². The molecule has 0 saturated heterocycles. The second-order valence-electron chi connectivity index (χ2n) is 4.97. The number of hydrogen-bond donors (Lipinski definition) is 2. The van der Waals surface area contributed by atoms with Crippen molar-refractivity contribution in [2.45, 2.75) is 38.3 Å². The number of aromatic amines is 1. The number of nitrogens with one attached hydrogen (secondary N) is 2. The highest BCUT2D eigenvalue weighted by Gasteiger charge is 2.14. The summed E-state index contributed by atoms with van der Waals surface area (Å²) in [6, 6.07) is 3.67. The Labute approximate surface area is 111 Å². The predicted octanol–water partition coefficient (Wildman–Crippen LogP) is 2.64. The molecule has 2 aromatic rings. The van der Waals surface area contributed by atoms with Gasteiger partial charge in [0.15, 0.2) is 0 Å².